The Bertz CT molecular complexity index is 1130. The first kappa shape index (κ1) is 25.7. The standard InChI is InChI=1S/C30H41FN4O3/c1-18-13-20-14-25(20)34(18)19(2)24(32-28(37)38-29(3,4)5)17-33-16-23-15-26(33)27(36)35(23)30(11-6-12-30)21-7-9-22(31)10-8-21/h7-10,18,20,23-26H,2,6,11-17H2,1,3-5H3,(H,32,37). The van der Waals surface area contributed by atoms with Crippen LogP contribution in [0.1, 0.15) is 71.8 Å². The van der Waals surface area contributed by atoms with Gasteiger partial charge < -0.3 is 19.9 Å². The number of benzene rings is 1. The second-order valence-electron chi connectivity index (χ2n) is 13.2. The van der Waals surface area contributed by atoms with Gasteiger partial charge in [-0.05, 0) is 89.8 Å². The van der Waals surface area contributed by atoms with Crippen molar-refractivity contribution in [1.82, 2.24) is 20.0 Å². The normalized spacial score (nSPS) is 32.1. The Morgan fingerprint density at radius 2 is 1.92 bits per heavy atom. The van der Waals surface area contributed by atoms with E-state index in [2.05, 4.69) is 33.5 Å². The van der Waals surface area contributed by atoms with Crippen molar-refractivity contribution in [1.29, 1.82) is 0 Å². The molecule has 0 spiro atoms. The summed E-state index contributed by atoms with van der Waals surface area (Å²) in [6, 6.07) is 7.19. The van der Waals surface area contributed by atoms with Gasteiger partial charge in [0, 0.05) is 36.9 Å². The Morgan fingerprint density at radius 3 is 2.47 bits per heavy atom. The fourth-order valence-corrected chi connectivity index (χ4v) is 7.67. The molecule has 3 aliphatic heterocycles. The SMILES string of the molecule is C=C(C(CN1CC2CC1C(=O)N2C1(c2ccc(F)cc2)CCC1)NC(=O)OC(C)(C)C)N1C(C)CC2CC21. The Labute approximate surface area is 225 Å². The number of carbonyl (C=O) groups is 2. The van der Waals surface area contributed by atoms with Crippen LogP contribution in [0.3, 0.4) is 0 Å². The minimum absolute atomic E-state index is 0.117. The van der Waals surface area contributed by atoms with Gasteiger partial charge in [-0.3, -0.25) is 9.69 Å². The lowest BCUT2D eigenvalue weighted by atomic mass is 9.70. The van der Waals surface area contributed by atoms with Gasteiger partial charge in [-0.2, -0.15) is 0 Å². The minimum Gasteiger partial charge on any atom is -0.444 e. The van der Waals surface area contributed by atoms with Crippen molar-refractivity contribution >= 4 is 12.0 Å². The van der Waals surface area contributed by atoms with Gasteiger partial charge in [-0.25, -0.2) is 9.18 Å². The van der Waals surface area contributed by atoms with Crippen molar-refractivity contribution in [3.63, 3.8) is 0 Å². The summed E-state index contributed by atoms with van der Waals surface area (Å²) in [5, 5.41) is 3.10. The number of nitrogens with one attached hydrogen (secondary N) is 1. The molecular formula is C30H41FN4O3. The molecule has 1 aromatic rings. The number of ether oxygens (including phenoxy) is 1. The maximum absolute atomic E-state index is 13.9. The number of likely N-dealkylation sites (tertiary alicyclic amines) is 3. The van der Waals surface area contributed by atoms with Crippen LogP contribution in [0.15, 0.2) is 36.5 Å². The van der Waals surface area contributed by atoms with Gasteiger partial charge in [0.05, 0.1) is 17.6 Å². The molecule has 5 fully saturated rings. The third kappa shape index (κ3) is 4.29. The molecular weight excluding hydrogens is 483 g/mol. The first-order valence-electron chi connectivity index (χ1n) is 14.3. The molecule has 2 saturated carbocycles. The molecule has 5 aliphatic rings. The average molecular weight is 525 g/mol. The van der Waals surface area contributed by atoms with E-state index < -0.39 is 11.7 Å². The molecule has 2 amide bonds. The molecule has 1 aromatic carbocycles. The highest BCUT2D eigenvalue weighted by Gasteiger charge is 2.59. The first-order valence-corrected chi connectivity index (χ1v) is 14.3. The topological polar surface area (TPSA) is 65.1 Å². The number of carbonyl (C=O) groups excluding carboxylic acids is 2. The lowest BCUT2D eigenvalue weighted by Crippen LogP contribution is -2.62. The predicted octanol–water partition coefficient (Wildman–Crippen LogP) is 4.38. The first-order chi connectivity index (χ1) is 18.0. The zero-order chi connectivity index (χ0) is 27.0. The molecule has 206 valence electrons. The summed E-state index contributed by atoms with van der Waals surface area (Å²) < 4.78 is 19.3. The molecule has 0 radical (unpaired) electrons. The number of amides is 2. The lowest BCUT2D eigenvalue weighted by Gasteiger charge is -2.53. The number of alkyl carbamates (subject to hydrolysis) is 1. The van der Waals surface area contributed by atoms with Crippen LogP contribution < -0.4 is 5.32 Å². The van der Waals surface area contributed by atoms with Crippen LogP contribution in [-0.4, -0.2) is 75.6 Å². The molecule has 7 nitrogen and oxygen atoms in total. The lowest BCUT2D eigenvalue weighted by molar-refractivity contribution is -0.149. The van der Waals surface area contributed by atoms with Crippen LogP contribution in [-0.2, 0) is 15.1 Å². The molecule has 2 aliphatic carbocycles. The summed E-state index contributed by atoms with van der Waals surface area (Å²) in [5.41, 5.74) is 1.04. The van der Waals surface area contributed by atoms with E-state index in [9.17, 15) is 14.0 Å². The number of halogens is 1. The molecule has 1 N–H and O–H groups in total. The number of nitrogens with zero attached hydrogens (tertiary/aromatic N) is 3. The molecule has 0 aromatic heterocycles. The van der Waals surface area contributed by atoms with E-state index in [-0.39, 0.29) is 35.4 Å². The van der Waals surface area contributed by atoms with Gasteiger partial charge in [0.15, 0.2) is 0 Å². The van der Waals surface area contributed by atoms with Crippen LogP contribution in [0, 0.1) is 11.7 Å². The molecule has 6 atom stereocenters. The van der Waals surface area contributed by atoms with Crippen LogP contribution >= 0.6 is 0 Å². The zero-order valence-electron chi connectivity index (χ0n) is 23.1. The van der Waals surface area contributed by atoms with Gasteiger partial charge >= 0.3 is 6.09 Å². The van der Waals surface area contributed by atoms with E-state index in [0.29, 0.717) is 18.6 Å². The van der Waals surface area contributed by atoms with Crippen molar-refractivity contribution in [3.05, 3.63) is 47.9 Å². The molecule has 6 rings (SSSR count). The van der Waals surface area contributed by atoms with Crippen LogP contribution in [0.25, 0.3) is 0 Å². The van der Waals surface area contributed by atoms with Gasteiger partial charge in [0.25, 0.3) is 0 Å². The molecule has 38 heavy (non-hydrogen) atoms. The summed E-state index contributed by atoms with van der Waals surface area (Å²) in [7, 11) is 0. The largest absolute Gasteiger partial charge is 0.444 e. The quantitative estimate of drug-likeness (QED) is 0.574. The van der Waals surface area contributed by atoms with Gasteiger partial charge in [0.2, 0.25) is 5.91 Å². The van der Waals surface area contributed by atoms with Gasteiger partial charge in [-0.15, -0.1) is 0 Å². The second-order valence-corrected chi connectivity index (χ2v) is 13.2. The van der Waals surface area contributed by atoms with E-state index in [0.717, 1.165) is 55.8 Å². The minimum atomic E-state index is -0.598. The Hall–Kier alpha value is -2.61. The van der Waals surface area contributed by atoms with Gasteiger partial charge in [0.1, 0.15) is 11.4 Å². The molecule has 8 heteroatoms. The van der Waals surface area contributed by atoms with Crippen LogP contribution in [0.5, 0.6) is 0 Å². The van der Waals surface area contributed by atoms with E-state index in [4.69, 9.17) is 4.74 Å². The highest BCUT2D eigenvalue weighted by Crippen LogP contribution is 2.52. The summed E-state index contributed by atoms with van der Waals surface area (Å²) in [6.07, 6.45) is 5.60. The number of piperidine rings is 1. The van der Waals surface area contributed by atoms with Crippen molar-refractivity contribution in [2.75, 3.05) is 13.1 Å². The highest BCUT2D eigenvalue weighted by atomic mass is 19.1. The Morgan fingerprint density at radius 1 is 1.21 bits per heavy atom. The Kier molecular flexibility index (Phi) is 6.05. The van der Waals surface area contributed by atoms with E-state index in [1.807, 2.05) is 32.9 Å². The van der Waals surface area contributed by atoms with E-state index in [1.54, 1.807) is 0 Å². The molecule has 3 heterocycles. The Balaban J connectivity index is 1.19. The third-order valence-electron chi connectivity index (χ3n) is 9.50. The summed E-state index contributed by atoms with van der Waals surface area (Å²) in [4.78, 5) is 33.5. The van der Waals surface area contributed by atoms with E-state index >= 15 is 0 Å². The summed E-state index contributed by atoms with van der Waals surface area (Å²) in [6.45, 7) is 13.6. The van der Waals surface area contributed by atoms with Crippen molar-refractivity contribution in [2.45, 2.75) is 108 Å². The smallest absolute Gasteiger partial charge is 0.408 e. The highest BCUT2D eigenvalue weighted by molar-refractivity contribution is 5.87. The maximum atomic E-state index is 13.9. The van der Waals surface area contributed by atoms with Gasteiger partial charge in [-0.1, -0.05) is 18.7 Å². The number of hydrogen-bond donors (Lipinski definition) is 1. The molecule has 3 saturated heterocycles. The zero-order valence-corrected chi connectivity index (χ0v) is 23.1. The van der Waals surface area contributed by atoms with Crippen molar-refractivity contribution in [3.8, 4) is 0 Å². The number of fused-ring (bicyclic) bond motifs is 3. The molecule has 2 bridgehead atoms. The fourth-order valence-electron chi connectivity index (χ4n) is 7.67. The number of piperazine rings is 1. The van der Waals surface area contributed by atoms with Crippen molar-refractivity contribution in [2.24, 2.45) is 5.92 Å². The van der Waals surface area contributed by atoms with Crippen LogP contribution in [0.4, 0.5) is 9.18 Å². The summed E-state index contributed by atoms with van der Waals surface area (Å²) in [5.74, 6) is 0.632. The fraction of sp³-hybridized carbons (Fsp3) is 0.667. The van der Waals surface area contributed by atoms with Crippen LogP contribution in [0.2, 0.25) is 0 Å². The second kappa shape index (κ2) is 8.97. The maximum Gasteiger partial charge on any atom is 0.408 e. The van der Waals surface area contributed by atoms with E-state index in [1.165, 1.54) is 18.6 Å². The summed E-state index contributed by atoms with van der Waals surface area (Å²) >= 11 is 0. The number of rotatable bonds is 7. The average Bonchev–Trinajstić information content (AvgIpc) is 3.13. The van der Waals surface area contributed by atoms with Crippen molar-refractivity contribution < 1.29 is 18.7 Å². The number of hydrogen-bond acceptors (Lipinski definition) is 5. The third-order valence-corrected chi connectivity index (χ3v) is 9.50. The molecule has 6 unspecified atom stereocenters. The predicted molar refractivity (Wildman–Crippen MR) is 143 cm³/mol. The monoisotopic (exact) mass is 524 g/mol.